The van der Waals surface area contributed by atoms with Crippen LogP contribution in [0, 0.1) is 0 Å². The summed E-state index contributed by atoms with van der Waals surface area (Å²) >= 11 is 3.43. The third kappa shape index (κ3) is 5.32. The Labute approximate surface area is 150 Å². The van der Waals surface area contributed by atoms with Gasteiger partial charge in [-0.25, -0.2) is 0 Å². The van der Waals surface area contributed by atoms with Gasteiger partial charge < -0.3 is 10.1 Å². The molecule has 0 spiro atoms. The zero-order valence-electron chi connectivity index (χ0n) is 13.1. The molecule has 1 amide bonds. The average Bonchev–Trinajstić information content (AvgIpc) is 3.11. The van der Waals surface area contributed by atoms with Gasteiger partial charge in [0, 0.05) is 23.6 Å². The van der Waals surface area contributed by atoms with E-state index in [1.54, 1.807) is 23.5 Å². The first-order valence-corrected chi connectivity index (χ1v) is 9.69. The molecule has 1 aliphatic rings. The molecule has 6 heteroatoms. The second-order valence-electron chi connectivity index (χ2n) is 5.08. The SMILES string of the molecule is O=C(CCSC1=NCCS1)Nc1ccc(Oc2ccccc2)cc1. The highest BCUT2D eigenvalue weighted by Crippen LogP contribution is 2.24. The van der Waals surface area contributed by atoms with E-state index in [2.05, 4.69) is 10.3 Å². The van der Waals surface area contributed by atoms with Gasteiger partial charge in [-0.15, -0.1) is 0 Å². The number of hydrogen-bond acceptors (Lipinski definition) is 5. The molecule has 2 aromatic rings. The van der Waals surface area contributed by atoms with E-state index in [1.165, 1.54) is 0 Å². The number of nitrogens with zero attached hydrogens (tertiary/aromatic N) is 1. The molecule has 1 aliphatic heterocycles. The van der Waals surface area contributed by atoms with Gasteiger partial charge in [-0.05, 0) is 36.4 Å². The number of amides is 1. The quantitative estimate of drug-likeness (QED) is 0.817. The Bertz CT molecular complexity index is 703. The van der Waals surface area contributed by atoms with Gasteiger partial charge >= 0.3 is 0 Å². The number of aliphatic imine (C=N–C) groups is 1. The van der Waals surface area contributed by atoms with Gasteiger partial charge in [-0.2, -0.15) is 0 Å². The summed E-state index contributed by atoms with van der Waals surface area (Å²) in [4.78, 5) is 16.3. The molecule has 3 rings (SSSR count). The Hall–Kier alpha value is -1.92. The van der Waals surface area contributed by atoms with Gasteiger partial charge in [0.15, 0.2) is 0 Å². The highest BCUT2D eigenvalue weighted by atomic mass is 32.2. The normalized spacial score (nSPS) is 13.4. The Morgan fingerprint density at radius 3 is 2.58 bits per heavy atom. The highest BCUT2D eigenvalue weighted by molar-refractivity contribution is 8.39. The van der Waals surface area contributed by atoms with Crippen LogP contribution in [0.2, 0.25) is 0 Å². The molecule has 2 aromatic carbocycles. The molecular formula is C18H18N2O2S2. The molecule has 0 radical (unpaired) electrons. The Morgan fingerprint density at radius 1 is 1.12 bits per heavy atom. The largest absolute Gasteiger partial charge is 0.457 e. The van der Waals surface area contributed by atoms with Crippen LogP contribution in [0.4, 0.5) is 5.69 Å². The van der Waals surface area contributed by atoms with Crippen LogP contribution >= 0.6 is 23.5 Å². The molecule has 0 fully saturated rings. The molecule has 0 bridgehead atoms. The minimum Gasteiger partial charge on any atom is -0.457 e. The molecule has 0 aromatic heterocycles. The Kier molecular flexibility index (Phi) is 6.20. The summed E-state index contributed by atoms with van der Waals surface area (Å²) in [6, 6.07) is 17.0. The fourth-order valence-electron chi connectivity index (χ4n) is 2.09. The molecule has 1 heterocycles. The first-order valence-electron chi connectivity index (χ1n) is 7.72. The fraction of sp³-hybridized carbons (Fsp3) is 0.222. The second-order valence-corrected chi connectivity index (χ2v) is 7.51. The second kappa shape index (κ2) is 8.80. The lowest BCUT2D eigenvalue weighted by atomic mass is 10.3. The van der Waals surface area contributed by atoms with Crippen molar-refractivity contribution in [1.82, 2.24) is 0 Å². The fourth-order valence-corrected chi connectivity index (χ4v) is 4.11. The number of thioether (sulfide) groups is 2. The van der Waals surface area contributed by atoms with Crippen LogP contribution < -0.4 is 10.1 Å². The average molecular weight is 358 g/mol. The number of carbonyl (C=O) groups is 1. The van der Waals surface area contributed by atoms with E-state index in [0.717, 1.165) is 39.6 Å². The predicted octanol–water partition coefficient (Wildman–Crippen LogP) is 4.64. The maximum absolute atomic E-state index is 12.0. The third-order valence-electron chi connectivity index (χ3n) is 3.23. The molecule has 0 saturated carbocycles. The molecule has 0 saturated heterocycles. The van der Waals surface area contributed by atoms with Gasteiger partial charge in [0.25, 0.3) is 0 Å². The van der Waals surface area contributed by atoms with Crippen molar-refractivity contribution in [3.8, 4) is 11.5 Å². The maximum Gasteiger partial charge on any atom is 0.225 e. The van der Waals surface area contributed by atoms with Crippen molar-refractivity contribution in [1.29, 1.82) is 0 Å². The topological polar surface area (TPSA) is 50.7 Å². The van der Waals surface area contributed by atoms with Crippen LogP contribution in [0.1, 0.15) is 6.42 Å². The van der Waals surface area contributed by atoms with Crippen LogP contribution in [-0.2, 0) is 4.79 Å². The van der Waals surface area contributed by atoms with Crippen LogP contribution in [0.3, 0.4) is 0 Å². The molecule has 0 aliphatic carbocycles. The van der Waals surface area contributed by atoms with Crippen molar-refractivity contribution in [3.63, 3.8) is 0 Å². The monoisotopic (exact) mass is 358 g/mol. The number of nitrogens with one attached hydrogen (secondary N) is 1. The van der Waals surface area contributed by atoms with E-state index in [4.69, 9.17) is 4.74 Å². The summed E-state index contributed by atoms with van der Waals surface area (Å²) in [6.45, 7) is 0.899. The molecule has 24 heavy (non-hydrogen) atoms. The Balaban J connectivity index is 1.44. The lowest BCUT2D eigenvalue weighted by Gasteiger charge is -2.08. The van der Waals surface area contributed by atoms with Gasteiger partial charge in [0.05, 0.1) is 6.54 Å². The van der Waals surface area contributed by atoms with Crippen molar-refractivity contribution >= 4 is 39.5 Å². The lowest BCUT2D eigenvalue weighted by molar-refractivity contribution is -0.115. The summed E-state index contributed by atoms with van der Waals surface area (Å²) in [5, 5.41) is 2.90. The molecule has 4 nitrogen and oxygen atoms in total. The number of ether oxygens (including phenoxy) is 1. The first kappa shape index (κ1) is 16.9. The molecular weight excluding hydrogens is 340 g/mol. The number of para-hydroxylation sites is 1. The molecule has 1 N–H and O–H groups in total. The van der Waals surface area contributed by atoms with Crippen LogP contribution in [0.25, 0.3) is 0 Å². The smallest absolute Gasteiger partial charge is 0.225 e. The lowest BCUT2D eigenvalue weighted by Crippen LogP contribution is -2.12. The van der Waals surface area contributed by atoms with Gasteiger partial charge in [0.1, 0.15) is 15.9 Å². The van der Waals surface area contributed by atoms with E-state index in [0.29, 0.717) is 6.42 Å². The molecule has 0 atom stereocenters. The molecule has 124 valence electrons. The van der Waals surface area contributed by atoms with Gasteiger partial charge in [-0.1, -0.05) is 41.7 Å². The van der Waals surface area contributed by atoms with Crippen molar-refractivity contribution < 1.29 is 9.53 Å². The number of carbonyl (C=O) groups excluding carboxylic acids is 1. The van der Waals surface area contributed by atoms with Crippen molar-refractivity contribution in [2.75, 3.05) is 23.4 Å². The number of anilines is 1. The van der Waals surface area contributed by atoms with Gasteiger partial charge in [0.2, 0.25) is 5.91 Å². The van der Waals surface area contributed by atoms with E-state index in [1.807, 2.05) is 54.6 Å². The van der Waals surface area contributed by atoms with Crippen molar-refractivity contribution in [2.45, 2.75) is 6.42 Å². The van der Waals surface area contributed by atoms with Crippen LogP contribution in [-0.4, -0.2) is 28.3 Å². The summed E-state index contributed by atoms with van der Waals surface area (Å²) in [5.74, 6) is 3.37. The van der Waals surface area contributed by atoms with Crippen molar-refractivity contribution in [3.05, 3.63) is 54.6 Å². The van der Waals surface area contributed by atoms with E-state index >= 15 is 0 Å². The standard InChI is InChI=1S/C18H18N2O2S2/c21-17(10-12-23-18-19-11-13-24-18)20-14-6-8-16(9-7-14)22-15-4-2-1-3-5-15/h1-9H,10-13H2,(H,20,21). The summed E-state index contributed by atoms with van der Waals surface area (Å²) in [7, 11) is 0. The minimum absolute atomic E-state index is 0.0165. The van der Waals surface area contributed by atoms with Crippen molar-refractivity contribution in [2.24, 2.45) is 4.99 Å². The summed E-state index contributed by atoms with van der Waals surface area (Å²) < 4.78 is 6.83. The minimum atomic E-state index is 0.0165. The van der Waals surface area contributed by atoms with E-state index < -0.39 is 0 Å². The van der Waals surface area contributed by atoms with Crippen LogP contribution in [0.5, 0.6) is 11.5 Å². The zero-order valence-corrected chi connectivity index (χ0v) is 14.7. The number of rotatable bonds is 6. The third-order valence-corrected chi connectivity index (χ3v) is 5.48. The molecule has 0 unspecified atom stereocenters. The number of benzene rings is 2. The Morgan fingerprint density at radius 2 is 1.88 bits per heavy atom. The zero-order chi connectivity index (χ0) is 16.6. The highest BCUT2D eigenvalue weighted by Gasteiger charge is 2.09. The van der Waals surface area contributed by atoms with Gasteiger partial charge in [-0.3, -0.25) is 9.79 Å². The van der Waals surface area contributed by atoms with E-state index in [-0.39, 0.29) is 5.91 Å². The summed E-state index contributed by atoms with van der Waals surface area (Å²) in [5.41, 5.74) is 0.776. The number of hydrogen-bond donors (Lipinski definition) is 1. The van der Waals surface area contributed by atoms with E-state index in [9.17, 15) is 4.79 Å². The maximum atomic E-state index is 12.0. The predicted molar refractivity (Wildman–Crippen MR) is 103 cm³/mol. The first-order chi connectivity index (χ1) is 11.8. The summed E-state index contributed by atoms with van der Waals surface area (Å²) in [6.07, 6.45) is 0.479. The van der Waals surface area contributed by atoms with Crippen LogP contribution in [0.15, 0.2) is 59.6 Å².